The van der Waals surface area contributed by atoms with Crippen LogP contribution in [0.25, 0.3) is 0 Å². The van der Waals surface area contributed by atoms with Crippen molar-refractivity contribution in [1.29, 1.82) is 0 Å². The monoisotopic (exact) mass is 1040 g/mol. The fraction of sp³-hybridized carbons (Fsp3) is 0.727. The summed E-state index contributed by atoms with van der Waals surface area (Å²) in [6.07, 6.45) is -2.65. The lowest BCUT2D eigenvalue weighted by Gasteiger charge is -2.30. The summed E-state index contributed by atoms with van der Waals surface area (Å²) in [6, 6.07) is -13.5. The van der Waals surface area contributed by atoms with E-state index < -0.39 is 151 Å². The van der Waals surface area contributed by atoms with Gasteiger partial charge in [0.2, 0.25) is 53.2 Å². The van der Waals surface area contributed by atoms with Gasteiger partial charge in [0.1, 0.15) is 48.3 Å². The Morgan fingerprint density at radius 2 is 1.19 bits per heavy atom. The number of carboxylic acids is 2. The quantitative estimate of drug-likeness (QED) is 0.0162. The van der Waals surface area contributed by atoms with Gasteiger partial charge in [0.25, 0.3) is 0 Å². The molecule has 0 bridgehead atoms. The zero-order valence-corrected chi connectivity index (χ0v) is 42.1. The molecule has 1 saturated heterocycles. The van der Waals surface area contributed by atoms with E-state index in [0.717, 1.165) is 11.8 Å². The number of nitrogens with one attached hydrogen (secondary N) is 7. The minimum absolute atomic E-state index is 0.0165. The molecule has 0 aromatic rings. The number of unbranched alkanes of at least 4 members (excludes halogenated alkanes) is 1. The predicted molar refractivity (Wildman–Crippen MR) is 260 cm³/mol. The maximum absolute atomic E-state index is 14.0. The lowest BCUT2D eigenvalue weighted by molar-refractivity contribution is -0.145. The van der Waals surface area contributed by atoms with Gasteiger partial charge < -0.3 is 91.2 Å². The molecule has 10 atom stereocenters. The molecule has 414 valence electrons. The van der Waals surface area contributed by atoms with Crippen LogP contribution in [0.4, 0.5) is 0 Å². The number of aliphatic hydroxyl groups is 2. The molecule has 9 amide bonds. The van der Waals surface area contributed by atoms with Gasteiger partial charge in [-0.3, -0.25) is 52.9 Å². The molecule has 0 radical (unpaired) electrons. The van der Waals surface area contributed by atoms with E-state index in [-0.39, 0.29) is 63.0 Å². The van der Waals surface area contributed by atoms with Crippen LogP contribution in [-0.2, 0) is 52.7 Å². The third kappa shape index (κ3) is 23.1. The lowest BCUT2D eigenvalue weighted by Crippen LogP contribution is -2.62. The van der Waals surface area contributed by atoms with Gasteiger partial charge in [-0.25, -0.2) is 4.79 Å². The summed E-state index contributed by atoms with van der Waals surface area (Å²) in [6.45, 7) is 7.26. The Balaban J connectivity index is 3.41. The first-order valence-electron chi connectivity index (χ1n) is 24.1. The highest BCUT2D eigenvalue weighted by Crippen LogP contribution is 2.20. The second-order valence-electron chi connectivity index (χ2n) is 18.5. The normalized spacial score (nSPS) is 17.0. The van der Waals surface area contributed by atoms with Gasteiger partial charge >= 0.3 is 11.9 Å². The Morgan fingerprint density at radius 1 is 0.658 bits per heavy atom. The topological polar surface area (TPSA) is 499 Å². The number of likely N-dealkylation sites (tertiary alicyclic amines) is 1. The Bertz CT molecular complexity index is 1950. The van der Waals surface area contributed by atoms with Crippen LogP contribution < -0.4 is 65.9 Å². The average molecular weight is 1040 g/mol. The Morgan fingerprint density at radius 3 is 1.70 bits per heavy atom. The summed E-state index contributed by atoms with van der Waals surface area (Å²) >= 11 is 0. The number of hydrogen-bond donors (Lipinski definition) is 16. The number of primary amides is 1. The van der Waals surface area contributed by atoms with Crippen molar-refractivity contribution in [3.8, 4) is 0 Å². The molecule has 1 rings (SSSR count). The Hall–Kier alpha value is -6.72. The van der Waals surface area contributed by atoms with Gasteiger partial charge in [0.15, 0.2) is 5.96 Å². The van der Waals surface area contributed by atoms with Crippen molar-refractivity contribution in [2.24, 2.45) is 45.5 Å². The van der Waals surface area contributed by atoms with Gasteiger partial charge in [-0.2, -0.15) is 0 Å². The van der Waals surface area contributed by atoms with E-state index >= 15 is 0 Å². The van der Waals surface area contributed by atoms with E-state index in [2.05, 4.69) is 42.2 Å². The zero-order valence-electron chi connectivity index (χ0n) is 42.1. The van der Waals surface area contributed by atoms with Gasteiger partial charge in [0.05, 0.1) is 25.2 Å². The molecule has 1 fully saturated rings. The van der Waals surface area contributed by atoms with Crippen molar-refractivity contribution >= 4 is 71.1 Å². The molecule has 29 heteroatoms. The highest BCUT2D eigenvalue weighted by molar-refractivity contribution is 5.99. The van der Waals surface area contributed by atoms with Crippen molar-refractivity contribution in [2.75, 3.05) is 26.2 Å². The fourth-order valence-electron chi connectivity index (χ4n) is 7.44. The lowest BCUT2D eigenvalue weighted by atomic mass is 9.99. The number of nitrogens with zero attached hydrogens (tertiary/aromatic N) is 2. The van der Waals surface area contributed by atoms with Gasteiger partial charge in [-0.15, -0.1) is 0 Å². The van der Waals surface area contributed by atoms with Gasteiger partial charge in [-0.05, 0) is 83.1 Å². The van der Waals surface area contributed by atoms with Crippen molar-refractivity contribution in [1.82, 2.24) is 42.1 Å². The van der Waals surface area contributed by atoms with Crippen LogP contribution in [0.5, 0.6) is 0 Å². The van der Waals surface area contributed by atoms with Crippen LogP contribution in [-0.4, -0.2) is 183 Å². The SMILES string of the molecule is CC(C)C[C@@H](NC(=O)[C@@H](N)C(C)C)C(=O)N[C@@H](CCCN=C(N)N)C(=O)N[C@@H](CCC(=O)O)C(=O)N[C@@H](CC(N)=O)C(=O)N[C@H](C(=O)N[C@@H](CO)C(=O)N1CCC[C@@H]1C(=O)N[C@@H](CCCCN)C(=O)O)[C@@H](C)O. The van der Waals surface area contributed by atoms with Crippen LogP contribution in [0.2, 0.25) is 0 Å². The molecule has 0 unspecified atom stereocenters. The number of aliphatic carboxylic acids is 2. The molecule has 0 aliphatic carbocycles. The molecule has 1 aliphatic rings. The number of carboxylic acid groups (broad SMARTS) is 2. The molecule has 0 saturated carbocycles. The molecule has 21 N–H and O–H groups in total. The maximum atomic E-state index is 14.0. The number of nitrogens with two attached hydrogens (primary N) is 5. The molecule has 0 spiro atoms. The standard InChI is InChI=1S/C44H78N14O15/c1-21(2)18-27(55-40(69)33(47)22(3)4)37(66)51-24(11-8-16-50-44(48)49)35(64)52-25(13-14-32(62)63)36(65)54-28(19-31(46)61)38(67)57-34(23(5)60)41(70)56-29(20-59)42(71)58-17-9-12-30(58)39(68)53-26(43(72)73)10-6-7-15-45/h21-30,33-34,59-60H,6-20,45,47H2,1-5H3,(H2,46,61)(H,51,66)(H,52,64)(H,53,68)(H,54,65)(H,55,69)(H,56,70)(H,57,67)(H,62,63)(H,72,73)(H4,48,49,50)/t23-,24+,25+,26+,27-,28+,29+,30-,33+,34+/m1/s1. The molecule has 0 aromatic heterocycles. The number of amides is 9. The summed E-state index contributed by atoms with van der Waals surface area (Å²) in [5.41, 5.74) is 27.7. The van der Waals surface area contributed by atoms with E-state index in [1.807, 2.05) is 0 Å². The molecule has 0 aromatic carbocycles. The third-order valence-electron chi connectivity index (χ3n) is 11.5. The number of guanidine groups is 1. The van der Waals surface area contributed by atoms with E-state index in [9.17, 15) is 73.2 Å². The number of hydrogen-bond acceptors (Lipinski definition) is 16. The first-order valence-corrected chi connectivity index (χ1v) is 24.1. The highest BCUT2D eigenvalue weighted by atomic mass is 16.4. The van der Waals surface area contributed by atoms with E-state index in [1.54, 1.807) is 27.7 Å². The zero-order chi connectivity index (χ0) is 55.7. The molecular formula is C44H78N14O15. The molecule has 73 heavy (non-hydrogen) atoms. The highest BCUT2D eigenvalue weighted by Gasteiger charge is 2.41. The summed E-state index contributed by atoms with van der Waals surface area (Å²) in [4.78, 5) is 149. The van der Waals surface area contributed by atoms with Crippen molar-refractivity contribution in [3.63, 3.8) is 0 Å². The van der Waals surface area contributed by atoms with Crippen molar-refractivity contribution in [3.05, 3.63) is 0 Å². The van der Waals surface area contributed by atoms with Gasteiger partial charge in [0, 0.05) is 19.5 Å². The summed E-state index contributed by atoms with van der Waals surface area (Å²) in [5.74, 6) is -12.6. The number of rotatable bonds is 34. The third-order valence-corrected chi connectivity index (χ3v) is 11.5. The Labute approximate surface area is 423 Å². The molecular weight excluding hydrogens is 965 g/mol. The Kier molecular flexibility index (Phi) is 28.5. The number of aliphatic hydroxyl groups excluding tert-OH is 2. The van der Waals surface area contributed by atoms with Gasteiger partial charge in [-0.1, -0.05) is 27.7 Å². The van der Waals surface area contributed by atoms with Crippen molar-refractivity contribution in [2.45, 2.75) is 166 Å². The van der Waals surface area contributed by atoms with E-state index in [0.29, 0.717) is 25.8 Å². The van der Waals surface area contributed by atoms with Crippen LogP contribution in [0, 0.1) is 11.8 Å². The molecule has 1 heterocycles. The van der Waals surface area contributed by atoms with Crippen LogP contribution >= 0.6 is 0 Å². The minimum Gasteiger partial charge on any atom is -0.481 e. The van der Waals surface area contributed by atoms with Crippen LogP contribution in [0.1, 0.15) is 105 Å². The summed E-state index contributed by atoms with van der Waals surface area (Å²) in [7, 11) is 0. The summed E-state index contributed by atoms with van der Waals surface area (Å²) < 4.78 is 0. The average Bonchev–Trinajstić information content (AvgIpc) is 3.80. The minimum atomic E-state index is -1.96. The second-order valence-corrected chi connectivity index (χ2v) is 18.5. The predicted octanol–water partition coefficient (Wildman–Crippen LogP) is -6.22. The maximum Gasteiger partial charge on any atom is 0.326 e. The first kappa shape index (κ1) is 64.3. The van der Waals surface area contributed by atoms with Crippen LogP contribution in [0.15, 0.2) is 4.99 Å². The fourth-order valence-corrected chi connectivity index (χ4v) is 7.44. The second kappa shape index (κ2) is 32.4. The number of carbonyl (C=O) groups is 11. The number of carbonyl (C=O) groups excluding carboxylic acids is 9. The largest absolute Gasteiger partial charge is 0.481 e. The van der Waals surface area contributed by atoms with Crippen molar-refractivity contribution < 1.29 is 73.2 Å². The smallest absolute Gasteiger partial charge is 0.326 e. The summed E-state index contributed by atoms with van der Waals surface area (Å²) in [5, 5.41) is 56.5. The van der Waals surface area contributed by atoms with E-state index in [4.69, 9.17) is 28.7 Å². The molecule has 29 nitrogen and oxygen atoms in total. The first-order chi connectivity index (χ1) is 34.1. The number of aliphatic imine (C=N–C) groups is 1. The van der Waals surface area contributed by atoms with Crippen LogP contribution in [0.3, 0.4) is 0 Å². The molecule has 1 aliphatic heterocycles. The van der Waals surface area contributed by atoms with E-state index in [1.165, 1.54) is 0 Å².